The summed E-state index contributed by atoms with van der Waals surface area (Å²) in [5, 5.41) is 2.79. The smallest absolute Gasteiger partial charge is 0.228 e. The van der Waals surface area contributed by atoms with Gasteiger partial charge in [-0.15, -0.1) is 6.42 Å². The number of terminal acetylenes is 1. The Morgan fingerprint density at radius 2 is 2.00 bits per heavy atom. The average Bonchev–Trinajstić information content (AvgIpc) is 2.16. The molecule has 0 saturated carbocycles. The summed E-state index contributed by atoms with van der Waals surface area (Å²) in [6.45, 7) is 7.69. The van der Waals surface area contributed by atoms with Gasteiger partial charge >= 0.3 is 0 Å². The Balaban J connectivity index is 4.58. The standard InChI is InChI=1S/C11H20N2O/c1-6-10(3,4)13-9(14)11(5,7-2)8-12/h1H,7-8,12H2,2-5H3,(H,13,14). The van der Waals surface area contributed by atoms with Crippen LogP contribution in [0.1, 0.15) is 34.1 Å². The number of carbonyl (C=O) groups is 1. The first-order chi connectivity index (χ1) is 6.31. The van der Waals surface area contributed by atoms with Crippen molar-refractivity contribution in [3.63, 3.8) is 0 Å². The Morgan fingerprint density at radius 3 is 2.29 bits per heavy atom. The predicted molar refractivity (Wildman–Crippen MR) is 58.5 cm³/mol. The van der Waals surface area contributed by atoms with Crippen LogP contribution in [0.15, 0.2) is 0 Å². The second-order valence-electron chi connectivity index (χ2n) is 4.34. The van der Waals surface area contributed by atoms with E-state index in [0.29, 0.717) is 13.0 Å². The van der Waals surface area contributed by atoms with Crippen molar-refractivity contribution in [1.29, 1.82) is 0 Å². The van der Waals surface area contributed by atoms with Gasteiger partial charge in [0.1, 0.15) is 0 Å². The van der Waals surface area contributed by atoms with Gasteiger partial charge in [0.2, 0.25) is 5.91 Å². The Bertz CT molecular complexity index is 247. The van der Waals surface area contributed by atoms with Crippen LogP contribution in [-0.2, 0) is 4.79 Å². The minimum atomic E-state index is -0.608. The van der Waals surface area contributed by atoms with Crippen LogP contribution >= 0.6 is 0 Å². The van der Waals surface area contributed by atoms with Gasteiger partial charge in [-0.1, -0.05) is 12.8 Å². The molecule has 1 amide bonds. The highest BCUT2D eigenvalue weighted by Crippen LogP contribution is 2.20. The molecule has 1 atom stereocenters. The van der Waals surface area contributed by atoms with E-state index in [4.69, 9.17) is 12.2 Å². The lowest BCUT2D eigenvalue weighted by Crippen LogP contribution is -2.51. The maximum Gasteiger partial charge on any atom is 0.228 e. The Labute approximate surface area is 86.4 Å². The molecule has 3 N–H and O–H groups in total. The molecule has 0 saturated heterocycles. The highest BCUT2D eigenvalue weighted by molar-refractivity contribution is 5.83. The largest absolute Gasteiger partial charge is 0.340 e. The van der Waals surface area contributed by atoms with Crippen LogP contribution in [0.4, 0.5) is 0 Å². The Morgan fingerprint density at radius 1 is 1.50 bits per heavy atom. The van der Waals surface area contributed by atoms with Crippen molar-refractivity contribution in [2.75, 3.05) is 6.54 Å². The van der Waals surface area contributed by atoms with Crippen molar-refractivity contribution in [3.8, 4) is 12.3 Å². The zero-order valence-electron chi connectivity index (χ0n) is 9.48. The maximum atomic E-state index is 11.8. The van der Waals surface area contributed by atoms with Crippen LogP contribution in [0, 0.1) is 17.8 Å². The predicted octanol–water partition coefficient (Wildman–Crippen LogP) is 0.889. The fourth-order valence-electron chi connectivity index (χ4n) is 0.868. The van der Waals surface area contributed by atoms with Gasteiger partial charge < -0.3 is 11.1 Å². The molecule has 0 heterocycles. The van der Waals surface area contributed by atoms with E-state index in [1.807, 2.05) is 13.8 Å². The summed E-state index contributed by atoms with van der Waals surface area (Å²) in [5.74, 6) is 2.44. The fourth-order valence-corrected chi connectivity index (χ4v) is 0.868. The van der Waals surface area contributed by atoms with Gasteiger partial charge in [0.05, 0.1) is 11.0 Å². The topological polar surface area (TPSA) is 55.1 Å². The molecule has 0 aliphatic heterocycles. The third-order valence-corrected chi connectivity index (χ3v) is 2.57. The number of rotatable bonds is 4. The molecule has 0 aliphatic rings. The maximum absolute atomic E-state index is 11.8. The first-order valence-electron chi connectivity index (χ1n) is 4.82. The van der Waals surface area contributed by atoms with Gasteiger partial charge in [0.25, 0.3) is 0 Å². The second kappa shape index (κ2) is 4.47. The van der Waals surface area contributed by atoms with Crippen molar-refractivity contribution in [2.24, 2.45) is 11.1 Å². The Hall–Kier alpha value is -1.01. The van der Waals surface area contributed by atoms with Crippen LogP contribution in [0.2, 0.25) is 0 Å². The first kappa shape index (κ1) is 13.0. The molecule has 0 radical (unpaired) electrons. The molecule has 0 aromatic carbocycles. The van der Waals surface area contributed by atoms with Crippen LogP contribution < -0.4 is 11.1 Å². The van der Waals surface area contributed by atoms with Crippen LogP contribution in [0.25, 0.3) is 0 Å². The lowest BCUT2D eigenvalue weighted by Gasteiger charge is -2.29. The summed E-state index contributed by atoms with van der Waals surface area (Å²) < 4.78 is 0. The molecule has 80 valence electrons. The summed E-state index contributed by atoms with van der Waals surface area (Å²) in [5.41, 5.74) is 4.44. The molecule has 0 rings (SSSR count). The third-order valence-electron chi connectivity index (χ3n) is 2.57. The molecule has 3 heteroatoms. The molecule has 0 aromatic rings. The van der Waals surface area contributed by atoms with E-state index >= 15 is 0 Å². The van der Waals surface area contributed by atoms with Crippen molar-refractivity contribution >= 4 is 5.91 Å². The highest BCUT2D eigenvalue weighted by atomic mass is 16.2. The molecule has 0 spiro atoms. The van der Waals surface area contributed by atoms with Gasteiger partial charge in [-0.3, -0.25) is 4.79 Å². The lowest BCUT2D eigenvalue weighted by molar-refractivity contribution is -0.131. The molecule has 3 nitrogen and oxygen atoms in total. The number of nitrogens with one attached hydrogen (secondary N) is 1. The van der Waals surface area contributed by atoms with E-state index in [2.05, 4.69) is 11.2 Å². The minimum Gasteiger partial charge on any atom is -0.340 e. The minimum absolute atomic E-state index is 0.0783. The number of hydrogen-bond acceptors (Lipinski definition) is 2. The zero-order chi connectivity index (χ0) is 11.4. The van der Waals surface area contributed by atoms with E-state index < -0.39 is 11.0 Å². The van der Waals surface area contributed by atoms with Crippen molar-refractivity contribution < 1.29 is 4.79 Å². The lowest BCUT2D eigenvalue weighted by atomic mass is 9.85. The molecule has 1 unspecified atom stereocenters. The van der Waals surface area contributed by atoms with Crippen LogP contribution in [0.5, 0.6) is 0 Å². The molecule has 14 heavy (non-hydrogen) atoms. The molecule has 0 aliphatic carbocycles. The summed E-state index contributed by atoms with van der Waals surface area (Å²) >= 11 is 0. The molecule has 0 bridgehead atoms. The number of amides is 1. The zero-order valence-corrected chi connectivity index (χ0v) is 9.48. The van der Waals surface area contributed by atoms with Gasteiger partial charge in [-0.05, 0) is 27.2 Å². The fraction of sp³-hybridized carbons (Fsp3) is 0.727. The van der Waals surface area contributed by atoms with Gasteiger partial charge in [0.15, 0.2) is 0 Å². The summed E-state index contributed by atoms with van der Waals surface area (Å²) in [4.78, 5) is 11.8. The van der Waals surface area contributed by atoms with E-state index in [1.54, 1.807) is 13.8 Å². The van der Waals surface area contributed by atoms with Gasteiger partial charge in [-0.25, -0.2) is 0 Å². The van der Waals surface area contributed by atoms with Crippen LogP contribution in [0.3, 0.4) is 0 Å². The molecule has 0 fully saturated rings. The van der Waals surface area contributed by atoms with Crippen molar-refractivity contribution in [2.45, 2.75) is 39.7 Å². The average molecular weight is 196 g/mol. The first-order valence-corrected chi connectivity index (χ1v) is 4.82. The Kier molecular flexibility index (Phi) is 4.15. The quantitative estimate of drug-likeness (QED) is 0.656. The van der Waals surface area contributed by atoms with E-state index in [9.17, 15) is 4.79 Å². The van der Waals surface area contributed by atoms with E-state index in [-0.39, 0.29) is 5.91 Å². The number of nitrogens with two attached hydrogens (primary N) is 1. The van der Waals surface area contributed by atoms with E-state index in [1.165, 1.54) is 0 Å². The number of hydrogen-bond donors (Lipinski definition) is 2. The number of carbonyl (C=O) groups excluding carboxylic acids is 1. The highest BCUT2D eigenvalue weighted by Gasteiger charge is 2.32. The summed E-state index contributed by atoms with van der Waals surface area (Å²) in [6.07, 6.45) is 5.99. The van der Waals surface area contributed by atoms with Gasteiger partial charge in [-0.2, -0.15) is 0 Å². The molecular formula is C11H20N2O. The monoisotopic (exact) mass is 196 g/mol. The molecular weight excluding hydrogens is 176 g/mol. The van der Waals surface area contributed by atoms with E-state index in [0.717, 1.165) is 0 Å². The van der Waals surface area contributed by atoms with Crippen molar-refractivity contribution in [3.05, 3.63) is 0 Å². The summed E-state index contributed by atoms with van der Waals surface area (Å²) in [6, 6.07) is 0. The van der Waals surface area contributed by atoms with Crippen molar-refractivity contribution in [1.82, 2.24) is 5.32 Å². The summed E-state index contributed by atoms with van der Waals surface area (Å²) in [7, 11) is 0. The second-order valence-corrected chi connectivity index (χ2v) is 4.34. The SMILES string of the molecule is C#CC(C)(C)NC(=O)C(C)(CC)CN. The van der Waals surface area contributed by atoms with Gasteiger partial charge in [0, 0.05) is 6.54 Å². The molecule has 0 aromatic heterocycles. The normalized spacial score (nSPS) is 15.4. The third kappa shape index (κ3) is 3.04. The van der Waals surface area contributed by atoms with Crippen LogP contribution in [-0.4, -0.2) is 18.0 Å².